The molecule has 3 aromatic rings. The first-order valence-corrected chi connectivity index (χ1v) is 9.98. The maximum Gasteiger partial charge on any atom is 0.0994 e. The molecule has 0 N–H and O–H groups in total. The van der Waals surface area contributed by atoms with E-state index < -0.39 is 0 Å². The number of nitriles is 1. The SMILES string of the molecule is CCCCc1ccc(-c2ccc(C#Cc3ccc(CC)c(C#N)c3)cc2)cc1. The van der Waals surface area contributed by atoms with E-state index in [0.717, 1.165) is 29.5 Å². The van der Waals surface area contributed by atoms with E-state index in [1.54, 1.807) is 0 Å². The Morgan fingerprint density at radius 1 is 0.750 bits per heavy atom. The van der Waals surface area contributed by atoms with Gasteiger partial charge in [-0.05, 0) is 65.8 Å². The van der Waals surface area contributed by atoms with Crippen LogP contribution in [0.1, 0.15) is 54.5 Å². The Morgan fingerprint density at radius 2 is 1.36 bits per heavy atom. The Balaban J connectivity index is 1.74. The molecular weight excluding hydrogens is 338 g/mol. The molecule has 0 amide bonds. The first-order chi connectivity index (χ1) is 13.7. The van der Waals surface area contributed by atoms with Crippen LogP contribution in [-0.4, -0.2) is 0 Å². The highest BCUT2D eigenvalue weighted by atomic mass is 14.2. The van der Waals surface area contributed by atoms with E-state index in [2.05, 4.69) is 80.3 Å². The van der Waals surface area contributed by atoms with Crippen molar-refractivity contribution < 1.29 is 0 Å². The molecule has 3 aromatic carbocycles. The van der Waals surface area contributed by atoms with Crippen LogP contribution in [0.3, 0.4) is 0 Å². The Kier molecular flexibility index (Phi) is 6.67. The summed E-state index contributed by atoms with van der Waals surface area (Å²) in [6.07, 6.45) is 4.48. The number of benzene rings is 3. The molecule has 0 aliphatic rings. The minimum atomic E-state index is 0.715. The summed E-state index contributed by atoms with van der Waals surface area (Å²) in [5.41, 5.74) is 7.46. The topological polar surface area (TPSA) is 23.8 Å². The van der Waals surface area contributed by atoms with Crippen LogP contribution in [0.5, 0.6) is 0 Å². The van der Waals surface area contributed by atoms with Crippen molar-refractivity contribution in [3.8, 4) is 29.0 Å². The second kappa shape index (κ2) is 9.59. The average Bonchev–Trinajstić information content (AvgIpc) is 2.76. The normalized spacial score (nSPS) is 10.0. The summed E-state index contributed by atoms with van der Waals surface area (Å²) in [5, 5.41) is 9.26. The van der Waals surface area contributed by atoms with E-state index >= 15 is 0 Å². The van der Waals surface area contributed by atoms with Crippen LogP contribution >= 0.6 is 0 Å². The minimum Gasteiger partial charge on any atom is -0.192 e. The summed E-state index contributed by atoms with van der Waals surface area (Å²) in [7, 11) is 0. The van der Waals surface area contributed by atoms with Gasteiger partial charge in [-0.15, -0.1) is 0 Å². The quantitative estimate of drug-likeness (QED) is 0.473. The second-order valence-electron chi connectivity index (χ2n) is 6.97. The zero-order valence-electron chi connectivity index (χ0n) is 16.6. The largest absolute Gasteiger partial charge is 0.192 e. The van der Waals surface area contributed by atoms with Crippen molar-refractivity contribution in [2.45, 2.75) is 39.5 Å². The molecule has 1 heteroatoms. The van der Waals surface area contributed by atoms with Crippen LogP contribution in [0.25, 0.3) is 11.1 Å². The standard InChI is InChI=1S/C27H25N/c1-3-5-6-21-9-15-25(16-10-21)26-17-11-22(12-18-26)7-8-23-13-14-24(4-2)27(19-23)20-28/h9-19H,3-6H2,1-2H3. The van der Waals surface area contributed by atoms with Crippen LogP contribution in [0.15, 0.2) is 66.7 Å². The van der Waals surface area contributed by atoms with E-state index in [1.807, 2.05) is 18.2 Å². The molecule has 28 heavy (non-hydrogen) atoms. The molecule has 0 bridgehead atoms. The molecule has 0 fully saturated rings. The van der Waals surface area contributed by atoms with Crippen molar-refractivity contribution in [3.63, 3.8) is 0 Å². The van der Waals surface area contributed by atoms with Crippen molar-refractivity contribution in [3.05, 3.63) is 94.5 Å². The van der Waals surface area contributed by atoms with Crippen molar-refractivity contribution in [2.24, 2.45) is 0 Å². The zero-order valence-corrected chi connectivity index (χ0v) is 16.6. The predicted molar refractivity (Wildman–Crippen MR) is 117 cm³/mol. The van der Waals surface area contributed by atoms with E-state index in [9.17, 15) is 5.26 Å². The molecule has 0 atom stereocenters. The van der Waals surface area contributed by atoms with E-state index in [1.165, 1.54) is 29.5 Å². The highest BCUT2D eigenvalue weighted by Crippen LogP contribution is 2.21. The van der Waals surface area contributed by atoms with Crippen molar-refractivity contribution in [2.75, 3.05) is 0 Å². The molecular formula is C27H25N. The third-order valence-corrected chi connectivity index (χ3v) is 4.95. The van der Waals surface area contributed by atoms with E-state index in [4.69, 9.17) is 0 Å². The number of aryl methyl sites for hydroxylation is 2. The third-order valence-electron chi connectivity index (χ3n) is 4.95. The molecule has 0 aromatic heterocycles. The lowest BCUT2D eigenvalue weighted by Gasteiger charge is -2.04. The molecule has 0 aliphatic heterocycles. The van der Waals surface area contributed by atoms with Gasteiger partial charge in [0.15, 0.2) is 0 Å². The average molecular weight is 364 g/mol. The van der Waals surface area contributed by atoms with Gasteiger partial charge in [0.25, 0.3) is 0 Å². The molecule has 0 saturated heterocycles. The lowest BCUT2D eigenvalue weighted by atomic mass is 10.0. The summed E-state index contributed by atoms with van der Waals surface area (Å²) >= 11 is 0. The van der Waals surface area contributed by atoms with Crippen LogP contribution in [0.2, 0.25) is 0 Å². The Morgan fingerprint density at radius 3 is 1.96 bits per heavy atom. The molecule has 0 spiro atoms. The summed E-state index contributed by atoms with van der Waals surface area (Å²) in [4.78, 5) is 0. The first kappa shape index (κ1) is 19.5. The van der Waals surface area contributed by atoms with Crippen LogP contribution < -0.4 is 0 Å². The lowest BCUT2D eigenvalue weighted by molar-refractivity contribution is 0.795. The molecule has 138 valence electrons. The fourth-order valence-corrected chi connectivity index (χ4v) is 3.20. The lowest BCUT2D eigenvalue weighted by Crippen LogP contribution is -1.88. The van der Waals surface area contributed by atoms with Gasteiger partial charge in [0, 0.05) is 11.1 Å². The maximum absolute atomic E-state index is 9.26. The van der Waals surface area contributed by atoms with Gasteiger partial charge >= 0.3 is 0 Å². The predicted octanol–water partition coefficient (Wildman–Crippen LogP) is 6.53. The molecule has 0 unspecified atom stereocenters. The minimum absolute atomic E-state index is 0.715. The first-order valence-electron chi connectivity index (χ1n) is 9.98. The molecule has 0 radical (unpaired) electrons. The van der Waals surface area contributed by atoms with Crippen molar-refractivity contribution in [1.82, 2.24) is 0 Å². The highest BCUT2D eigenvalue weighted by molar-refractivity contribution is 5.65. The smallest absolute Gasteiger partial charge is 0.0994 e. The van der Waals surface area contributed by atoms with Crippen LogP contribution in [0, 0.1) is 23.2 Å². The summed E-state index contributed by atoms with van der Waals surface area (Å²) in [6, 6.07) is 25.3. The van der Waals surface area contributed by atoms with Gasteiger partial charge in [-0.2, -0.15) is 5.26 Å². The summed E-state index contributed by atoms with van der Waals surface area (Å²) < 4.78 is 0. The van der Waals surface area contributed by atoms with Gasteiger partial charge < -0.3 is 0 Å². The van der Waals surface area contributed by atoms with Gasteiger partial charge in [0.05, 0.1) is 11.6 Å². The van der Waals surface area contributed by atoms with Gasteiger partial charge in [-0.3, -0.25) is 0 Å². The zero-order chi connectivity index (χ0) is 19.8. The van der Waals surface area contributed by atoms with Crippen molar-refractivity contribution in [1.29, 1.82) is 5.26 Å². The fraction of sp³-hybridized carbons (Fsp3) is 0.222. The Hall–Kier alpha value is -3.29. The number of nitrogens with zero attached hydrogens (tertiary/aromatic N) is 1. The number of hydrogen-bond donors (Lipinski definition) is 0. The highest BCUT2D eigenvalue weighted by Gasteiger charge is 2.01. The van der Waals surface area contributed by atoms with Gasteiger partial charge in [0.2, 0.25) is 0 Å². The monoisotopic (exact) mass is 363 g/mol. The number of hydrogen-bond acceptors (Lipinski definition) is 1. The Labute approximate surface area is 168 Å². The van der Waals surface area contributed by atoms with Crippen LogP contribution in [-0.2, 0) is 12.8 Å². The Bertz CT molecular complexity index is 1020. The van der Waals surface area contributed by atoms with Gasteiger partial charge in [-0.1, -0.05) is 74.6 Å². The molecule has 0 heterocycles. The molecule has 0 aliphatic carbocycles. The number of rotatable bonds is 5. The third kappa shape index (κ3) is 4.91. The molecule has 3 rings (SSSR count). The maximum atomic E-state index is 9.26. The van der Waals surface area contributed by atoms with E-state index in [-0.39, 0.29) is 0 Å². The molecule has 1 nitrogen and oxygen atoms in total. The van der Waals surface area contributed by atoms with Gasteiger partial charge in [0.1, 0.15) is 0 Å². The van der Waals surface area contributed by atoms with Crippen LogP contribution in [0.4, 0.5) is 0 Å². The second-order valence-corrected chi connectivity index (χ2v) is 6.97. The molecule has 0 saturated carbocycles. The van der Waals surface area contributed by atoms with Crippen molar-refractivity contribution >= 4 is 0 Å². The van der Waals surface area contributed by atoms with Gasteiger partial charge in [-0.25, -0.2) is 0 Å². The summed E-state index contributed by atoms with van der Waals surface area (Å²) in [5.74, 6) is 6.37. The number of unbranched alkanes of at least 4 members (excludes halogenated alkanes) is 1. The summed E-state index contributed by atoms with van der Waals surface area (Å²) in [6.45, 7) is 4.28. The van der Waals surface area contributed by atoms with E-state index in [0.29, 0.717) is 5.56 Å². The fourth-order valence-electron chi connectivity index (χ4n) is 3.20.